The largest absolute Gasteiger partial charge is 0.435 e. The number of halogens is 3. The Morgan fingerprint density at radius 2 is 2.14 bits per heavy atom. The van der Waals surface area contributed by atoms with Crippen molar-refractivity contribution < 1.29 is 23.1 Å². The van der Waals surface area contributed by atoms with Crippen molar-refractivity contribution in [1.29, 1.82) is 0 Å². The van der Waals surface area contributed by atoms with Crippen LogP contribution < -0.4 is 0 Å². The van der Waals surface area contributed by atoms with E-state index in [9.17, 15) is 18.0 Å². The highest BCUT2D eigenvalue weighted by molar-refractivity contribution is 5.73. The third-order valence-corrected chi connectivity index (χ3v) is 1.45. The highest BCUT2D eigenvalue weighted by Crippen LogP contribution is 2.30. The molecule has 0 fully saturated rings. The molecular weight excluding hydrogens is 203 g/mol. The molecule has 5 nitrogen and oxygen atoms in total. The molecule has 1 heterocycles. The van der Waals surface area contributed by atoms with Crippen LogP contribution in [-0.2, 0) is 12.7 Å². The standard InChI is InChI=1S/C6H6F3N3O2/c7-6(8,9)5-4(3-14)10-11-12(5)1-2-13/h3,13H,1-2H2. The van der Waals surface area contributed by atoms with E-state index in [1.807, 2.05) is 0 Å². The fourth-order valence-electron chi connectivity index (χ4n) is 0.949. The minimum Gasteiger partial charge on any atom is -0.394 e. The molecule has 0 saturated heterocycles. The van der Waals surface area contributed by atoms with Crippen LogP contribution in [0.5, 0.6) is 0 Å². The first kappa shape index (κ1) is 10.6. The van der Waals surface area contributed by atoms with E-state index in [2.05, 4.69) is 10.3 Å². The predicted octanol–water partition coefficient (Wildman–Crippen LogP) is 0.102. The van der Waals surface area contributed by atoms with E-state index < -0.39 is 24.2 Å². The van der Waals surface area contributed by atoms with Crippen molar-refractivity contribution in [1.82, 2.24) is 15.0 Å². The predicted molar refractivity (Wildman–Crippen MR) is 37.5 cm³/mol. The second-order valence-electron chi connectivity index (χ2n) is 2.39. The summed E-state index contributed by atoms with van der Waals surface area (Å²) in [5.41, 5.74) is -2.01. The first-order chi connectivity index (χ1) is 6.50. The zero-order valence-electron chi connectivity index (χ0n) is 6.82. The van der Waals surface area contributed by atoms with Gasteiger partial charge in [0.25, 0.3) is 0 Å². The molecule has 0 aliphatic heterocycles. The van der Waals surface area contributed by atoms with Gasteiger partial charge in [0.2, 0.25) is 0 Å². The lowest BCUT2D eigenvalue weighted by molar-refractivity contribution is -0.144. The van der Waals surface area contributed by atoms with Crippen LogP contribution in [0.25, 0.3) is 0 Å². The molecule has 0 spiro atoms. The van der Waals surface area contributed by atoms with Crippen molar-refractivity contribution in [3.05, 3.63) is 11.4 Å². The van der Waals surface area contributed by atoms with E-state index in [1.54, 1.807) is 0 Å². The second-order valence-corrected chi connectivity index (χ2v) is 2.39. The van der Waals surface area contributed by atoms with Gasteiger partial charge in [-0.1, -0.05) is 5.21 Å². The SMILES string of the molecule is O=Cc1nnn(CCO)c1C(F)(F)F. The molecule has 0 aliphatic carbocycles. The van der Waals surface area contributed by atoms with E-state index in [-0.39, 0.29) is 12.8 Å². The van der Waals surface area contributed by atoms with Gasteiger partial charge in [-0.3, -0.25) is 4.79 Å². The van der Waals surface area contributed by atoms with Crippen LogP contribution in [0.1, 0.15) is 16.2 Å². The first-order valence-electron chi connectivity index (χ1n) is 3.57. The Balaban J connectivity index is 3.19. The van der Waals surface area contributed by atoms with Gasteiger partial charge in [-0.05, 0) is 0 Å². The zero-order valence-corrected chi connectivity index (χ0v) is 6.82. The summed E-state index contributed by atoms with van der Waals surface area (Å²) in [7, 11) is 0. The Labute approximate surface area is 76.1 Å². The van der Waals surface area contributed by atoms with Gasteiger partial charge in [0.15, 0.2) is 17.7 Å². The molecule has 0 unspecified atom stereocenters. The molecule has 1 aromatic heterocycles. The quantitative estimate of drug-likeness (QED) is 0.717. The summed E-state index contributed by atoms with van der Waals surface area (Å²) in [4.78, 5) is 10.2. The minimum atomic E-state index is -4.70. The van der Waals surface area contributed by atoms with Crippen molar-refractivity contribution in [3.63, 3.8) is 0 Å². The van der Waals surface area contributed by atoms with Crippen molar-refractivity contribution >= 4 is 6.29 Å². The van der Waals surface area contributed by atoms with Crippen LogP contribution in [0.3, 0.4) is 0 Å². The monoisotopic (exact) mass is 209 g/mol. The average molecular weight is 209 g/mol. The van der Waals surface area contributed by atoms with Crippen LogP contribution in [0.4, 0.5) is 13.2 Å². The first-order valence-corrected chi connectivity index (χ1v) is 3.57. The smallest absolute Gasteiger partial charge is 0.394 e. The number of rotatable bonds is 3. The molecule has 0 atom stereocenters. The second kappa shape index (κ2) is 3.74. The summed E-state index contributed by atoms with van der Waals surface area (Å²) in [5, 5.41) is 14.6. The maximum absolute atomic E-state index is 12.3. The number of aromatic nitrogens is 3. The summed E-state index contributed by atoms with van der Waals surface area (Å²) in [5.74, 6) is 0. The third kappa shape index (κ3) is 1.90. The molecule has 1 N–H and O–H groups in total. The van der Waals surface area contributed by atoms with Crippen LogP contribution in [0.2, 0.25) is 0 Å². The maximum Gasteiger partial charge on any atom is 0.435 e. The van der Waals surface area contributed by atoms with E-state index in [1.165, 1.54) is 0 Å². The molecule has 0 amide bonds. The Kier molecular flexibility index (Phi) is 2.84. The topological polar surface area (TPSA) is 68.0 Å². The lowest BCUT2D eigenvalue weighted by Crippen LogP contribution is -2.17. The highest BCUT2D eigenvalue weighted by atomic mass is 19.4. The lowest BCUT2D eigenvalue weighted by Gasteiger charge is -2.07. The number of hydrogen-bond acceptors (Lipinski definition) is 4. The lowest BCUT2D eigenvalue weighted by atomic mass is 10.3. The molecule has 0 radical (unpaired) electrons. The van der Waals surface area contributed by atoms with Gasteiger partial charge in [0, 0.05) is 0 Å². The van der Waals surface area contributed by atoms with Gasteiger partial charge < -0.3 is 5.11 Å². The Morgan fingerprint density at radius 1 is 1.50 bits per heavy atom. The van der Waals surface area contributed by atoms with Gasteiger partial charge >= 0.3 is 6.18 Å². The molecule has 1 rings (SSSR count). The average Bonchev–Trinajstić information content (AvgIpc) is 2.47. The fourth-order valence-corrected chi connectivity index (χ4v) is 0.949. The Morgan fingerprint density at radius 3 is 2.57 bits per heavy atom. The zero-order chi connectivity index (χ0) is 10.8. The number of carbonyl (C=O) groups excluding carboxylic acids is 1. The van der Waals surface area contributed by atoms with Gasteiger partial charge in [-0.15, -0.1) is 5.10 Å². The number of alkyl halides is 3. The molecule has 0 aromatic carbocycles. The Hall–Kier alpha value is -1.44. The molecule has 1 aromatic rings. The van der Waals surface area contributed by atoms with Gasteiger partial charge in [0.05, 0.1) is 13.2 Å². The van der Waals surface area contributed by atoms with Crippen molar-refractivity contribution in [2.75, 3.05) is 6.61 Å². The molecule has 78 valence electrons. The molecule has 0 aliphatic rings. The van der Waals surface area contributed by atoms with Crippen LogP contribution >= 0.6 is 0 Å². The normalized spacial score (nSPS) is 11.7. The minimum absolute atomic E-state index is 0.0241. The molecule has 0 saturated carbocycles. The highest BCUT2D eigenvalue weighted by Gasteiger charge is 2.39. The number of nitrogens with zero attached hydrogens (tertiary/aromatic N) is 3. The van der Waals surface area contributed by atoms with Crippen LogP contribution in [-0.4, -0.2) is 33.0 Å². The van der Waals surface area contributed by atoms with Crippen LogP contribution in [0, 0.1) is 0 Å². The molecular formula is C6H6F3N3O2. The van der Waals surface area contributed by atoms with Crippen molar-refractivity contribution in [3.8, 4) is 0 Å². The summed E-state index contributed by atoms with van der Waals surface area (Å²) in [6, 6.07) is 0. The van der Waals surface area contributed by atoms with Gasteiger partial charge in [-0.2, -0.15) is 13.2 Å². The Bertz CT molecular complexity index is 334. The fraction of sp³-hybridized carbons (Fsp3) is 0.500. The number of carbonyl (C=O) groups is 1. The summed E-state index contributed by atoms with van der Waals surface area (Å²) in [6.07, 6.45) is -4.72. The third-order valence-electron chi connectivity index (χ3n) is 1.45. The van der Waals surface area contributed by atoms with Gasteiger partial charge in [-0.25, -0.2) is 4.68 Å². The maximum atomic E-state index is 12.3. The van der Waals surface area contributed by atoms with Crippen molar-refractivity contribution in [2.45, 2.75) is 12.7 Å². The number of hydrogen-bond donors (Lipinski definition) is 1. The number of aliphatic hydroxyl groups excluding tert-OH is 1. The van der Waals surface area contributed by atoms with E-state index in [0.717, 1.165) is 0 Å². The van der Waals surface area contributed by atoms with E-state index in [0.29, 0.717) is 4.68 Å². The summed E-state index contributed by atoms with van der Waals surface area (Å²) >= 11 is 0. The number of aldehydes is 1. The molecule has 8 heteroatoms. The van der Waals surface area contributed by atoms with E-state index >= 15 is 0 Å². The molecule has 14 heavy (non-hydrogen) atoms. The van der Waals surface area contributed by atoms with Crippen molar-refractivity contribution in [2.24, 2.45) is 0 Å². The number of aliphatic hydroxyl groups is 1. The van der Waals surface area contributed by atoms with Crippen LogP contribution in [0.15, 0.2) is 0 Å². The summed E-state index contributed by atoms with van der Waals surface area (Å²) in [6.45, 7) is -0.861. The van der Waals surface area contributed by atoms with E-state index in [4.69, 9.17) is 5.11 Å². The summed E-state index contributed by atoms with van der Waals surface area (Å²) < 4.78 is 37.4. The van der Waals surface area contributed by atoms with Gasteiger partial charge in [0.1, 0.15) is 0 Å². The molecule has 0 bridgehead atoms.